The van der Waals surface area contributed by atoms with Gasteiger partial charge in [-0.15, -0.1) is 0 Å². The Morgan fingerprint density at radius 3 is 2.19 bits per heavy atom. The molecular formula is C35H36N4O4. The van der Waals surface area contributed by atoms with E-state index in [1.165, 1.54) is 10.5 Å². The van der Waals surface area contributed by atoms with E-state index in [1.807, 2.05) is 30.4 Å². The summed E-state index contributed by atoms with van der Waals surface area (Å²) in [5.74, 6) is 0.206. The molecule has 220 valence electrons. The lowest BCUT2D eigenvalue weighted by molar-refractivity contribution is -0.155. The van der Waals surface area contributed by atoms with Gasteiger partial charge in [0, 0.05) is 28.9 Å². The van der Waals surface area contributed by atoms with E-state index >= 15 is 0 Å². The first-order valence-electron chi connectivity index (χ1n) is 14.3. The molecule has 0 aliphatic heterocycles. The Hall–Kier alpha value is -4.98. The van der Waals surface area contributed by atoms with Crippen LogP contribution in [-0.4, -0.2) is 45.6 Å². The summed E-state index contributed by atoms with van der Waals surface area (Å²) in [6, 6.07) is 23.2. The number of amides is 1. The van der Waals surface area contributed by atoms with Gasteiger partial charge < -0.3 is 19.9 Å². The van der Waals surface area contributed by atoms with Crippen LogP contribution in [0.15, 0.2) is 95.5 Å². The largest absolute Gasteiger partial charge is 0.459 e. The second kappa shape index (κ2) is 12.5. The molecular weight excluding hydrogens is 540 g/mol. The van der Waals surface area contributed by atoms with E-state index in [0.717, 1.165) is 22.3 Å². The molecule has 0 bridgehead atoms. The maximum Gasteiger partial charge on any atom is 0.326 e. The number of nitrogens with two attached hydrogens (primary N) is 1. The fourth-order valence-corrected chi connectivity index (χ4v) is 4.81. The van der Waals surface area contributed by atoms with Gasteiger partial charge in [0.2, 0.25) is 5.82 Å². The van der Waals surface area contributed by atoms with Crippen molar-refractivity contribution in [3.8, 4) is 22.5 Å². The van der Waals surface area contributed by atoms with Gasteiger partial charge in [0.1, 0.15) is 12.1 Å². The van der Waals surface area contributed by atoms with Gasteiger partial charge >= 0.3 is 5.97 Å². The number of rotatable bonds is 8. The lowest BCUT2D eigenvalue weighted by atomic mass is 9.95. The highest BCUT2D eigenvalue weighted by Gasteiger charge is 2.26. The zero-order valence-corrected chi connectivity index (χ0v) is 24.9. The molecule has 1 aliphatic carbocycles. The molecule has 1 atom stereocenters. The fourth-order valence-electron chi connectivity index (χ4n) is 4.81. The molecule has 2 N–H and O–H groups in total. The van der Waals surface area contributed by atoms with Gasteiger partial charge in [-0.05, 0) is 75.4 Å². The van der Waals surface area contributed by atoms with Gasteiger partial charge in [-0.25, -0.2) is 0 Å². The summed E-state index contributed by atoms with van der Waals surface area (Å²) in [4.78, 5) is 32.2. The number of aromatic nitrogens is 2. The minimum atomic E-state index is -0.651. The van der Waals surface area contributed by atoms with Crippen molar-refractivity contribution in [1.29, 1.82) is 0 Å². The predicted molar refractivity (Wildman–Crippen MR) is 168 cm³/mol. The molecule has 1 aliphatic rings. The molecule has 8 heteroatoms. The number of esters is 1. The first-order valence-corrected chi connectivity index (χ1v) is 14.3. The van der Waals surface area contributed by atoms with Crippen molar-refractivity contribution in [3.63, 3.8) is 0 Å². The average Bonchev–Trinajstić information content (AvgIpc) is 3.47. The van der Waals surface area contributed by atoms with Crippen LogP contribution in [-0.2, 0) is 9.53 Å². The lowest BCUT2D eigenvalue weighted by Crippen LogP contribution is -2.41. The van der Waals surface area contributed by atoms with E-state index in [-0.39, 0.29) is 18.4 Å². The van der Waals surface area contributed by atoms with Gasteiger partial charge in [0.15, 0.2) is 0 Å². The number of benzene rings is 3. The maximum atomic E-state index is 13.4. The normalized spacial score (nSPS) is 14.7. The maximum absolute atomic E-state index is 13.4. The van der Waals surface area contributed by atoms with Crippen LogP contribution >= 0.6 is 0 Å². The summed E-state index contributed by atoms with van der Waals surface area (Å²) in [7, 11) is 0. The van der Waals surface area contributed by atoms with Crippen molar-refractivity contribution in [2.24, 2.45) is 5.92 Å². The summed E-state index contributed by atoms with van der Waals surface area (Å²) < 4.78 is 11.1. The minimum Gasteiger partial charge on any atom is -0.459 e. The predicted octanol–water partition coefficient (Wildman–Crippen LogP) is 6.74. The molecule has 0 radical (unpaired) electrons. The van der Waals surface area contributed by atoms with Crippen LogP contribution in [0.25, 0.3) is 28.1 Å². The number of hydrogen-bond acceptors (Lipinski definition) is 7. The van der Waals surface area contributed by atoms with Crippen LogP contribution < -0.4 is 5.73 Å². The van der Waals surface area contributed by atoms with E-state index < -0.39 is 11.6 Å². The molecule has 3 aromatic carbocycles. The van der Waals surface area contributed by atoms with E-state index in [0.29, 0.717) is 35.9 Å². The second-order valence-corrected chi connectivity index (χ2v) is 11.8. The Bertz CT molecular complexity index is 1640. The SMILES string of the molecule is Cc1ccc(-c2ccc(-c3noc(C4=CCC(CN(CC(=O)OC(C)(C)C)C(=O)c5ccc(N)cc5)C=C4)n3)cc2)cc1. The third-order valence-electron chi connectivity index (χ3n) is 7.03. The third kappa shape index (κ3) is 7.65. The summed E-state index contributed by atoms with van der Waals surface area (Å²) in [6.45, 7) is 7.66. The van der Waals surface area contributed by atoms with Crippen LogP contribution in [0.5, 0.6) is 0 Å². The van der Waals surface area contributed by atoms with Crippen molar-refractivity contribution >= 4 is 23.1 Å². The molecule has 1 aromatic heterocycles. The highest BCUT2D eigenvalue weighted by molar-refractivity contribution is 5.96. The van der Waals surface area contributed by atoms with E-state index in [9.17, 15) is 9.59 Å². The quantitative estimate of drug-likeness (QED) is 0.183. The van der Waals surface area contributed by atoms with E-state index in [1.54, 1.807) is 45.0 Å². The van der Waals surface area contributed by atoms with Crippen molar-refractivity contribution in [2.75, 3.05) is 18.8 Å². The van der Waals surface area contributed by atoms with E-state index in [2.05, 4.69) is 53.5 Å². The van der Waals surface area contributed by atoms with Crippen molar-refractivity contribution in [1.82, 2.24) is 15.0 Å². The standard InChI is InChI=1S/C35H36N4O4/c1-23-5-9-25(10-6-23)26-13-15-27(16-14-26)32-37-33(43-38-32)28-11-7-24(8-12-28)21-39(22-31(40)42-35(2,3)4)34(41)29-17-19-30(36)20-18-29/h5-7,9-20,24H,8,21-22,36H2,1-4H3. The summed E-state index contributed by atoms with van der Waals surface area (Å²) in [6.07, 6.45) is 6.58. The molecule has 1 amide bonds. The van der Waals surface area contributed by atoms with Crippen molar-refractivity contribution in [3.05, 3.63) is 108 Å². The zero-order valence-electron chi connectivity index (χ0n) is 24.9. The molecule has 43 heavy (non-hydrogen) atoms. The van der Waals surface area contributed by atoms with Crippen LogP contribution in [0.3, 0.4) is 0 Å². The lowest BCUT2D eigenvalue weighted by Gasteiger charge is -2.28. The number of carbonyl (C=O) groups is 2. The summed E-state index contributed by atoms with van der Waals surface area (Å²) in [5, 5.41) is 4.19. The number of nitrogens with zero attached hydrogens (tertiary/aromatic N) is 3. The van der Waals surface area contributed by atoms with Gasteiger partial charge in [0.25, 0.3) is 11.8 Å². The van der Waals surface area contributed by atoms with Crippen molar-refractivity contribution < 1.29 is 18.8 Å². The van der Waals surface area contributed by atoms with E-state index in [4.69, 9.17) is 15.0 Å². The van der Waals surface area contributed by atoms with Crippen LogP contribution in [0.2, 0.25) is 0 Å². The van der Waals surface area contributed by atoms with Crippen molar-refractivity contribution in [2.45, 2.75) is 39.7 Å². The number of allylic oxidation sites excluding steroid dienone is 3. The number of anilines is 1. The first kappa shape index (κ1) is 29.5. The molecule has 1 heterocycles. The number of aryl methyl sites for hydroxylation is 1. The fraction of sp³-hybridized carbons (Fsp3) is 0.257. The second-order valence-electron chi connectivity index (χ2n) is 11.8. The Morgan fingerprint density at radius 1 is 0.953 bits per heavy atom. The summed E-state index contributed by atoms with van der Waals surface area (Å²) >= 11 is 0. The Kier molecular flexibility index (Phi) is 8.57. The number of nitrogen functional groups attached to an aromatic ring is 1. The molecule has 4 aromatic rings. The van der Waals surface area contributed by atoms with Gasteiger partial charge in [0.05, 0.1) is 0 Å². The topological polar surface area (TPSA) is 112 Å². The Balaban J connectivity index is 1.25. The molecule has 5 rings (SSSR count). The number of ether oxygens (including phenoxy) is 1. The molecule has 0 fully saturated rings. The minimum absolute atomic E-state index is 0.0133. The van der Waals surface area contributed by atoms with Gasteiger partial charge in [-0.3, -0.25) is 9.59 Å². The Labute approximate surface area is 251 Å². The molecule has 0 spiro atoms. The van der Waals surface area contributed by atoms with Crippen LogP contribution in [0.1, 0.15) is 49.0 Å². The number of carbonyl (C=O) groups excluding carboxylic acids is 2. The van der Waals surface area contributed by atoms with Crippen LogP contribution in [0.4, 0.5) is 5.69 Å². The average molecular weight is 577 g/mol. The van der Waals surface area contributed by atoms with Gasteiger partial charge in [-0.1, -0.05) is 77.5 Å². The highest BCUT2D eigenvalue weighted by atomic mass is 16.6. The Morgan fingerprint density at radius 2 is 1.58 bits per heavy atom. The summed E-state index contributed by atoms with van der Waals surface area (Å²) in [5.41, 5.74) is 11.3. The number of hydrogen-bond donors (Lipinski definition) is 1. The monoisotopic (exact) mass is 576 g/mol. The van der Waals surface area contributed by atoms with Gasteiger partial charge in [-0.2, -0.15) is 4.98 Å². The third-order valence-corrected chi connectivity index (χ3v) is 7.03. The zero-order chi connectivity index (χ0) is 30.6. The molecule has 0 saturated heterocycles. The molecule has 8 nitrogen and oxygen atoms in total. The smallest absolute Gasteiger partial charge is 0.326 e. The highest BCUT2D eigenvalue weighted by Crippen LogP contribution is 2.28. The molecule has 0 saturated carbocycles. The molecule has 1 unspecified atom stereocenters. The van der Waals surface area contributed by atoms with Crippen LogP contribution in [0, 0.1) is 12.8 Å². The first-order chi connectivity index (χ1) is 20.5.